The van der Waals surface area contributed by atoms with Crippen molar-refractivity contribution >= 4 is 18.8 Å². The van der Waals surface area contributed by atoms with E-state index in [4.69, 9.17) is 25.7 Å². The van der Waals surface area contributed by atoms with Gasteiger partial charge in [0, 0.05) is 36.9 Å². The maximum atomic E-state index is 6.18. The summed E-state index contributed by atoms with van der Waals surface area (Å²) in [4.78, 5) is 0. The van der Waals surface area contributed by atoms with Crippen molar-refractivity contribution in [3.8, 4) is 0 Å². The molecule has 1 atom stereocenters. The van der Waals surface area contributed by atoms with E-state index in [0.29, 0.717) is 0 Å². The van der Waals surface area contributed by atoms with Crippen LogP contribution in [0.3, 0.4) is 0 Å². The summed E-state index contributed by atoms with van der Waals surface area (Å²) in [5.41, 5.74) is 11.1. The van der Waals surface area contributed by atoms with E-state index in [0.717, 1.165) is 6.04 Å². The number of rotatable bonds is 7. The van der Waals surface area contributed by atoms with E-state index in [2.05, 4.69) is 0 Å². The monoisotopic (exact) mass is 238 g/mol. The highest BCUT2D eigenvalue weighted by atomic mass is 29.1. The van der Waals surface area contributed by atoms with Crippen molar-refractivity contribution in [2.45, 2.75) is 17.6 Å². The normalized spacial score (nSPS) is 17.8. The van der Waals surface area contributed by atoms with Crippen LogP contribution in [-0.2, 0) is 14.2 Å². The van der Waals surface area contributed by atoms with Crippen LogP contribution in [0.1, 0.15) is 0 Å². The van der Waals surface area contributed by atoms with Gasteiger partial charge in [-0.05, 0) is 15.8 Å². The van der Waals surface area contributed by atoms with Crippen molar-refractivity contribution in [1.29, 1.82) is 0 Å². The molecule has 0 aliphatic carbocycles. The van der Waals surface area contributed by atoms with E-state index in [-0.39, 0.29) is 15.6 Å². The van der Waals surface area contributed by atoms with Gasteiger partial charge in [0.15, 0.2) is 0 Å². The first-order valence-electron chi connectivity index (χ1n) is 4.70. The molecule has 0 aromatic carbocycles. The topological polar surface area (TPSA) is 79.7 Å². The summed E-state index contributed by atoms with van der Waals surface area (Å²) in [6.07, 6.45) is 0. The number of ether oxygens (including phenoxy) is 3. The van der Waals surface area contributed by atoms with Crippen LogP contribution in [-0.4, -0.2) is 58.2 Å². The molecule has 0 spiro atoms. The minimum Gasteiger partial charge on any atom is -0.329 e. The van der Waals surface area contributed by atoms with Gasteiger partial charge in [-0.15, -0.1) is 0 Å². The molecule has 0 aliphatic rings. The molecule has 0 fully saturated rings. The van der Waals surface area contributed by atoms with Gasteiger partial charge in [-0.2, -0.15) is 0 Å². The first-order chi connectivity index (χ1) is 6.55. The molecule has 4 N–H and O–H groups in total. The van der Waals surface area contributed by atoms with Gasteiger partial charge in [0.25, 0.3) is 0 Å². The van der Waals surface area contributed by atoms with Crippen LogP contribution in [0.2, 0.25) is 6.04 Å². The fraction of sp³-hybridized carbons (Fsp3) is 1.00. The molecule has 0 bridgehead atoms. The van der Waals surface area contributed by atoms with Crippen molar-refractivity contribution in [2.24, 2.45) is 11.5 Å². The lowest BCUT2D eigenvalue weighted by molar-refractivity contribution is -0.379. The van der Waals surface area contributed by atoms with Crippen LogP contribution in [0.5, 0.6) is 0 Å². The van der Waals surface area contributed by atoms with E-state index in [1.807, 2.05) is 0 Å². The van der Waals surface area contributed by atoms with E-state index in [9.17, 15) is 0 Å². The van der Waals surface area contributed by atoms with Gasteiger partial charge >= 0.3 is 5.97 Å². The highest BCUT2D eigenvalue weighted by Gasteiger charge is 2.49. The van der Waals surface area contributed by atoms with Gasteiger partial charge in [-0.3, -0.25) is 0 Å². The minimum atomic E-state index is -1.21. The van der Waals surface area contributed by atoms with Crippen LogP contribution < -0.4 is 11.5 Å². The molecule has 0 saturated carbocycles. The fourth-order valence-electron chi connectivity index (χ4n) is 1.69. The first kappa shape index (κ1) is 14.2. The molecule has 0 aromatic heterocycles. The van der Waals surface area contributed by atoms with Crippen LogP contribution in [0.15, 0.2) is 0 Å². The lowest BCUT2D eigenvalue weighted by atomic mass is 10.0. The van der Waals surface area contributed by atoms with Gasteiger partial charge in [0.1, 0.15) is 5.54 Å². The second kappa shape index (κ2) is 5.96. The molecular weight excluding hydrogens is 216 g/mol. The molecule has 0 aromatic rings. The standard InChI is InChI=1S/C7H22N2O3Si2/c1-10-7(11-2,12-3)6(9,4-8)5-14-13/h4-5,8-9,14H2,1-3,13H3. The van der Waals surface area contributed by atoms with E-state index in [1.165, 1.54) is 31.1 Å². The number of methoxy groups -OCH3 is 3. The molecule has 0 aliphatic heterocycles. The zero-order chi connectivity index (χ0) is 11.2. The number of hydrogen-bond donors (Lipinski definition) is 2. The summed E-state index contributed by atoms with van der Waals surface area (Å²) in [6.45, 7) is 0.289. The molecule has 1 unspecified atom stereocenters. The fourth-order valence-corrected chi connectivity index (χ4v) is 5.77. The maximum absolute atomic E-state index is 6.18. The molecule has 0 rings (SSSR count). The Hall–Kier alpha value is 0.234. The maximum Gasteiger partial charge on any atom is 0.302 e. The Labute approximate surface area is 90.5 Å². The predicted octanol–water partition coefficient (Wildman–Crippen LogP) is -2.90. The van der Waals surface area contributed by atoms with Gasteiger partial charge in [-0.1, -0.05) is 0 Å². The van der Waals surface area contributed by atoms with Gasteiger partial charge in [-0.25, -0.2) is 0 Å². The number of nitrogens with two attached hydrogens (primary N) is 2. The number of hydrogen-bond acceptors (Lipinski definition) is 5. The van der Waals surface area contributed by atoms with Crippen molar-refractivity contribution in [2.75, 3.05) is 27.9 Å². The van der Waals surface area contributed by atoms with Crippen LogP contribution >= 0.6 is 0 Å². The molecule has 14 heavy (non-hydrogen) atoms. The van der Waals surface area contributed by atoms with Crippen molar-refractivity contribution in [1.82, 2.24) is 0 Å². The SMILES string of the molecule is COC(OC)(OC)C(N)(CN)C[SiH2][SiH3]. The third-order valence-corrected chi connectivity index (χ3v) is 5.37. The molecule has 86 valence electrons. The zero-order valence-electron chi connectivity index (χ0n) is 9.50. The summed E-state index contributed by atoms with van der Waals surface area (Å²) in [5.74, 6) is -1.21. The van der Waals surface area contributed by atoms with E-state index < -0.39 is 11.5 Å². The molecular formula is C7H22N2O3Si2. The second-order valence-corrected chi connectivity index (χ2v) is 7.78. The largest absolute Gasteiger partial charge is 0.329 e. The summed E-state index contributed by atoms with van der Waals surface area (Å²) in [6, 6.07) is 0.866. The van der Waals surface area contributed by atoms with Crippen molar-refractivity contribution in [3.63, 3.8) is 0 Å². The van der Waals surface area contributed by atoms with Crippen LogP contribution in [0, 0.1) is 0 Å². The Morgan fingerprint density at radius 2 is 1.64 bits per heavy atom. The van der Waals surface area contributed by atoms with E-state index in [1.54, 1.807) is 0 Å². The molecule has 0 heterocycles. The van der Waals surface area contributed by atoms with Gasteiger partial charge in [0.05, 0.1) is 0 Å². The molecule has 5 nitrogen and oxygen atoms in total. The quantitative estimate of drug-likeness (QED) is 0.367. The highest BCUT2D eigenvalue weighted by molar-refractivity contribution is 6.89. The Morgan fingerprint density at radius 3 is 1.86 bits per heavy atom. The zero-order valence-corrected chi connectivity index (χ0v) is 12.9. The summed E-state index contributed by atoms with van der Waals surface area (Å²) in [5, 5.41) is 0. The Bertz CT molecular complexity index is 161. The predicted molar refractivity (Wildman–Crippen MR) is 63.0 cm³/mol. The van der Waals surface area contributed by atoms with E-state index >= 15 is 0 Å². The average Bonchev–Trinajstić information content (AvgIpc) is 2.21. The summed E-state index contributed by atoms with van der Waals surface area (Å²) < 4.78 is 15.7. The summed E-state index contributed by atoms with van der Waals surface area (Å²) in [7, 11) is 5.63. The summed E-state index contributed by atoms with van der Waals surface area (Å²) >= 11 is 0. The molecule has 0 amide bonds. The first-order valence-corrected chi connectivity index (χ1v) is 11.4. The van der Waals surface area contributed by atoms with Crippen molar-refractivity contribution in [3.05, 3.63) is 0 Å². The molecule has 0 saturated heterocycles. The van der Waals surface area contributed by atoms with Gasteiger partial charge in [0.2, 0.25) is 0 Å². The third kappa shape index (κ3) is 2.42. The molecule has 0 radical (unpaired) electrons. The third-order valence-electron chi connectivity index (χ3n) is 2.48. The Morgan fingerprint density at radius 1 is 1.21 bits per heavy atom. The Kier molecular flexibility index (Phi) is 6.06. The van der Waals surface area contributed by atoms with Crippen LogP contribution in [0.4, 0.5) is 0 Å². The minimum absolute atomic E-state index is 0.115. The van der Waals surface area contributed by atoms with Gasteiger partial charge < -0.3 is 25.7 Å². The van der Waals surface area contributed by atoms with Crippen molar-refractivity contribution < 1.29 is 14.2 Å². The Balaban J connectivity index is 4.90. The molecule has 7 heteroatoms. The second-order valence-electron chi connectivity index (χ2n) is 3.28. The lowest BCUT2D eigenvalue weighted by Crippen LogP contribution is -2.67. The smallest absolute Gasteiger partial charge is 0.302 e. The van der Waals surface area contributed by atoms with Crippen LogP contribution in [0.25, 0.3) is 0 Å². The highest BCUT2D eigenvalue weighted by Crippen LogP contribution is 2.27. The lowest BCUT2D eigenvalue weighted by Gasteiger charge is -2.43. The average molecular weight is 238 g/mol.